The zero-order valence-corrected chi connectivity index (χ0v) is 12.1. The highest BCUT2D eigenvalue weighted by Gasteiger charge is 2.19. The standard InChI is InChI=1S/C16H24N2O2/c1-12(16(20)18-14-8-3-2-4-9-14)17-11-13-7-5-6-10-15(13)19/h5-7,10,12,14,17,19H,2-4,8-9,11H2,1H3,(H,18,20). The van der Waals surface area contributed by atoms with Gasteiger partial charge in [0.15, 0.2) is 0 Å². The Hall–Kier alpha value is -1.55. The van der Waals surface area contributed by atoms with Gasteiger partial charge in [0.1, 0.15) is 5.75 Å². The van der Waals surface area contributed by atoms with Crippen LogP contribution in [0.15, 0.2) is 24.3 Å². The van der Waals surface area contributed by atoms with Crippen molar-refractivity contribution in [1.82, 2.24) is 10.6 Å². The molecule has 1 atom stereocenters. The number of phenols is 1. The van der Waals surface area contributed by atoms with Crippen molar-refractivity contribution in [3.8, 4) is 5.75 Å². The van der Waals surface area contributed by atoms with E-state index >= 15 is 0 Å². The Bertz CT molecular complexity index is 442. The van der Waals surface area contributed by atoms with Crippen molar-refractivity contribution in [3.05, 3.63) is 29.8 Å². The first-order valence-corrected chi connectivity index (χ1v) is 7.47. The van der Waals surface area contributed by atoms with Crippen molar-refractivity contribution < 1.29 is 9.90 Å². The summed E-state index contributed by atoms with van der Waals surface area (Å²) in [4.78, 5) is 12.1. The topological polar surface area (TPSA) is 61.4 Å². The molecular formula is C16H24N2O2. The van der Waals surface area contributed by atoms with Crippen molar-refractivity contribution in [2.24, 2.45) is 0 Å². The van der Waals surface area contributed by atoms with Gasteiger partial charge in [-0.15, -0.1) is 0 Å². The monoisotopic (exact) mass is 276 g/mol. The highest BCUT2D eigenvalue weighted by Crippen LogP contribution is 2.17. The van der Waals surface area contributed by atoms with Crippen molar-refractivity contribution in [1.29, 1.82) is 0 Å². The third-order valence-electron chi connectivity index (χ3n) is 3.94. The molecule has 0 radical (unpaired) electrons. The molecule has 20 heavy (non-hydrogen) atoms. The fourth-order valence-corrected chi connectivity index (χ4v) is 2.59. The number of phenolic OH excluding ortho intramolecular Hbond substituents is 1. The van der Waals surface area contributed by atoms with Crippen LogP contribution in [0.3, 0.4) is 0 Å². The Morgan fingerprint density at radius 1 is 1.30 bits per heavy atom. The van der Waals surface area contributed by atoms with Gasteiger partial charge in [0.05, 0.1) is 6.04 Å². The largest absolute Gasteiger partial charge is 0.508 e. The third kappa shape index (κ3) is 4.23. The Morgan fingerprint density at radius 3 is 2.70 bits per heavy atom. The van der Waals surface area contributed by atoms with Gasteiger partial charge in [-0.1, -0.05) is 37.5 Å². The van der Waals surface area contributed by atoms with Gasteiger partial charge in [-0.25, -0.2) is 0 Å². The summed E-state index contributed by atoms with van der Waals surface area (Å²) in [7, 11) is 0. The van der Waals surface area contributed by atoms with Gasteiger partial charge in [-0.3, -0.25) is 4.79 Å². The predicted molar refractivity (Wildman–Crippen MR) is 79.4 cm³/mol. The molecule has 1 unspecified atom stereocenters. The molecule has 2 rings (SSSR count). The number of carbonyl (C=O) groups is 1. The van der Waals surface area contributed by atoms with E-state index < -0.39 is 0 Å². The number of carbonyl (C=O) groups excluding carboxylic acids is 1. The summed E-state index contributed by atoms with van der Waals surface area (Å²) >= 11 is 0. The SMILES string of the molecule is CC(NCc1ccccc1O)C(=O)NC1CCCCC1. The molecule has 1 fully saturated rings. The van der Waals surface area contributed by atoms with Crippen LogP contribution in [0.5, 0.6) is 5.75 Å². The maximum atomic E-state index is 12.1. The number of amides is 1. The number of nitrogens with one attached hydrogen (secondary N) is 2. The van der Waals surface area contributed by atoms with E-state index in [1.54, 1.807) is 12.1 Å². The lowest BCUT2D eigenvalue weighted by Crippen LogP contribution is -2.46. The smallest absolute Gasteiger partial charge is 0.237 e. The van der Waals surface area contributed by atoms with Crippen LogP contribution in [-0.2, 0) is 11.3 Å². The molecule has 0 saturated heterocycles. The second-order valence-corrected chi connectivity index (χ2v) is 5.57. The molecule has 0 spiro atoms. The molecule has 1 aliphatic rings. The van der Waals surface area contributed by atoms with E-state index in [1.807, 2.05) is 19.1 Å². The highest BCUT2D eigenvalue weighted by molar-refractivity contribution is 5.81. The molecule has 1 amide bonds. The normalized spacial score (nSPS) is 17.6. The molecule has 0 aliphatic heterocycles. The van der Waals surface area contributed by atoms with Crippen molar-refractivity contribution >= 4 is 5.91 Å². The van der Waals surface area contributed by atoms with E-state index in [0.717, 1.165) is 18.4 Å². The van der Waals surface area contributed by atoms with Crippen LogP contribution in [-0.4, -0.2) is 23.1 Å². The Labute approximate surface area is 120 Å². The summed E-state index contributed by atoms with van der Waals surface area (Å²) in [6, 6.07) is 7.27. The van der Waals surface area contributed by atoms with Gasteiger partial charge in [0.25, 0.3) is 0 Å². The number of aromatic hydroxyl groups is 1. The van der Waals surface area contributed by atoms with Gasteiger partial charge in [-0.2, -0.15) is 0 Å². The van der Waals surface area contributed by atoms with Crippen LogP contribution >= 0.6 is 0 Å². The molecule has 0 aromatic heterocycles. The van der Waals surface area contributed by atoms with E-state index in [9.17, 15) is 9.90 Å². The lowest BCUT2D eigenvalue weighted by molar-refractivity contribution is -0.123. The molecule has 4 nitrogen and oxygen atoms in total. The second-order valence-electron chi connectivity index (χ2n) is 5.57. The predicted octanol–water partition coefficient (Wildman–Crippen LogP) is 2.32. The summed E-state index contributed by atoms with van der Waals surface area (Å²) < 4.78 is 0. The van der Waals surface area contributed by atoms with Crippen LogP contribution in [0, 0.1) is 0 Å². The first-order valence-electron chi connectivity index (χ1n) is 7.47. The van der Waals surface area contributed by atoms with Crippen LogP contribution < -0.4 is 10.6 Å². The van der Waals surface area contributed by atoms with E-state index in [4.69, 9.17) is 0 Å². The van der Waals surface area contributed by atoms with Gasteiger partial charge in [0, 0.05) is 18.2 Å². The summed E-state index contributed by atoms with van der Waals surface area (Å²) in [5.41, 5.74) is 0.810. The highest BCUT2D eigenvalue weighted by atomic mass is 16.3. The Kier molecular flexibility index (Phi) is 5.41. The molecule has 1 saturated carbocycles. The van der Waals surface area contributed by atoms with E-state index in [-0.39, 0.29) is 17.7 Å². The average molecular weight is 276 g/mol. The van der Waals surface area contributed by atoms with Gasteiger partial charge >= 0.3 is 0 Å². The van der Waals surface area contributed by atoms with E-state index in [2.05, 4.69) is 10.6 Å². The number of rotatable bonds is 5. The number of benzene rings is 1. The summed E-state index contributed by atoms with van der Waals surface area (Å²) in [5.74, 6) is 0.312. The molecule has 0 bridgehead atoms. The van der Waals surface area contributed by atoms with Crippen LogP contribution in [0.1, 0.15) is 44.6 Å². The maximum Gasteiger partial charge on any atom is 0.237 e. The van der Waals surface area contributed by atoms with Gasteiger partial charge < -0.3 is 15.7 Å². The van der Waals surface area contributed by atoms with Gasteiger partial charge in [-0.05, 0) is 25.8 Å². The van der Waals surface area contributed by atoms with Crippen LogP contribution in [0.25, 0.3) is 0 Å². The summed E-state index contributed by atoms with van der Waals surface area (Å²) in [6.45, 7) is 2.35. The quantitative estimate of drug-likeness (QED) is 0.773. The molecule has 4 heteroatoms. The van der Waals surface area contributed by atoms with Crippen molar-refractivity contribution in [2.75, 3.05) is 0 Å². The van der Waals surface area contributed by atoms with Crippen LogP contribution in [0.4, 0.5) is 0 Å². The maximum absolute atomic E-state index is 12.1. The van der Waals surface area contributed by atoms with E-state index in [0.29, 0.717) is 12.6 Å². The third-order valence-corrected chi connectivity index (χ3v) is 3.94. The minimum absolute atomic E-state index is 0.0484. The number of para-hydroxylation sites is 1. The zero-order chi connectivity index (χ0) is 14.4. The Balaban J connectivity index is 1.77. The van der Waals surface area contributed by atoms with E-state index in [1.165, 1.54) is 19.3 Å². The minimum Gasteiger partial charge on any atom is -0.508 e. The minimum atomic E-state index is -0.253. The molecule has 0 heterocycles. The molecule has 1 aromatic rings. The number of hydrogen-bond acceptors (Lipinski definition) is 3. The first-order chi connectivity index (χ1) is 9.66. The fourth-order valence-electron chi connectivity index (χ4n) is 2.59. The molecule has 1 aromatic carbocycles. The molecular weight excluding hydrogens is 252 g/mol. The lowest BCUT2D eigenvalue weighted by atomic mass is 9.95. The second kappa shape index (κ2) is 7.29. The fraction of sp³-hybridized carbons (Fsp3) is 0.562. The van der Waals surface area contributed by atoms with Gasteiger partial charge in [0.2, 0.25) is 5.91 Å². The molecule has 3 N–H and O–H groups in total. The first kappa shape index (κ1) is 14.9. The molecule has 110 valence electrons. The van der Waals surface area contributed by atoms with Crippen LogP contribution in [0.2, 0.25) is 0 Å². The summed E-state index contributed by atoms with van der Waals surface area (Å²) in [5, 5.41) is 15.9. The zero-order valence-electron chi connectivity index (χ0n) is 12.1. The lowest BCUT2D eigenvalue weighted by Gasteiger charge is -2.24. The van der Waals surface area contributed by atoms with Crippen molar-refractivity contribution in [3.63, 3.8) is 0 Å². The Morgan fingerprint density at radius 2 is 2.00 bits per heavy atom. The molecule has 1 aliphatic carbocycles. The average Bonchev–Trinajstić information content (AvgIpc) is 2.47. The van der Waals surface area contributed by atoms with Crippen molar-refractivity contribution in [2.45, 2.75) is 57.7 Å². The number of hydrogen-bond donors (Lipinski definition) is 3. The summed E-state index contributed by atoms with van der Waals surface area (Å²) in [6.07, 6.45) is 5.90.